The topological polar surface area (TPSA) is 47.4 Å². The normalized spacial score (nSPS) is 16.8. The highest BCUT2D eigenvalue weighted by Gasteiger charge is 2.33. The molecule has 0 saturated carbocycles. The maximum atomic E-state index is 12.6. The molecule has 24 heavy (non-hydrogen) atoms. The van der Waals surface area contributed by atoms with Crippen molar-refractivity contribution in [3.05, 3.63) is 53.9 Å². The van der Waals surface area contributed by atoms with Gasteiger partial charge in [0.25, 0.3) is 0 Å². The number of aryl methyl sites for hydroxylation is 1. The van der Waals surface area contributed by atoms with Gasteiger partial charge in [0, 0.05) is 32.9 Å². The fourth-order valence-corrected chi connectivity index (χ4v) is 3.24. The van der Waals surface area contributed by atoms with Crippen LogP contribution in [0.1, 0.15) is 17.3 Å². The molecule has 0 aliphatic carbocycles. The van der Waals surface area contributed by atoms with Crippen LogP contribution in [-0.4, -0.2) is 29.6 Å². The minimum atomic E-state index is -0.375. The molecule has 2 heterocycles. The van der Waals surface area contributed by atoms with Crippen molar-refractivity contribution in [3.63, 3.8) is 0 Å². The molecule has 0 spiro atoms. The van der Waals surface area contributed by atoms with Crippen LogP contribution in [0.4, 0.5) is 5.69 Å². The van der Waals surface area contributed by atoms with Gasteiger partial charge < -0.3 is 14.2 Å². The van der Waals surface area contributed by atoms with E-state index in [2.05, 4.69) is 4.98 Å². The predicted molar refractivity (Wildman–Crippen MR) is 93.6 cm³/mol. The molecule has 0 fully saturated rings. The van der Waals surface area contributed by atoms with Gasteiger partial charge in [-0.3, -0.25) is 4.79 Å². The second-order valence-electron chi connectivity index (χ2n) is 6.38. The van der Waals surface area contributed by atoms with Crippen molar-refractivity contribution in [3.8, 4) is 5.75 Å². The number of carbonyl (C=O) groups excluding carboxylic acids is 1. The van der Waals surface area contributed by atoms with Crippen molar-refractivity contribution in [1.29, 1.82) is 0 Å². The molecule has 1 aromatic heterocycles. The van der Waals surface area contributed by atoms with Crippen molar-refractivity contribution in [1.82, 2.24) is 9.55 Å². The summed E-state index contributed by atoms with van der Waals surface area (Å²) < 4.78 is 7.61. The molecule has 0 N–H and O–H groups in total. The number of esters is 1. The second kappa shape index (κ2) is 5.37. The third-order valence-corrected chi connectivity index (χ3v) is 4.62. The Balaban J connectivity index is 1.75. The standard InChI is InChI=1S/C19H19N3O2/c1-21(2)13-9-8-12-10-14(19(23)24-17(12)11-13)18-20-15-6-4-5-7-16(15)22(18)3/h4-9,11,14H,10H2,1-3H3. The highest BCUT2D eigenvalue weighted by Crippen LogP contribution is 2.35. The Morgan fingerprint density at radius 2 is 2.00 bits per heavy atom. The van der Waals surface area contributed by atoms with Gasteiger partial charge in [-0.1, -0.05) is 18.2 Å². The van der Waals surface area contributed by atoms with Crippen LogP contribution in [0.2, 0.25) is 0 Å². The molecular formula is C19H19N3O2. The number of hydrogen-bond acceptors (Lipinski definition) is 4. The molecule has 1 aliphatic heterocycles. The number of benzene rings is 2. The molecule has 1 aliphatic rings. The molecule has 0 bridgehead atoms. The van der Waals surface area contributed by atoms with Crippen LogP contribution >= 0.6 is 0 Å². The fourth-order valence-electron chi connectivity index (χ4n) is 3.24. The lowest BCUT2D eigenvalue weighted by Crippen LogP contribution is -2.28. The average Bonchev–Trinajstić information content (AvgIpc) is 2.91. The summed E-state index contributed by atoms with van der Waals surface area (Å²) >= 11 is 0. The van der Waals surface area contributed by atoms with E-state index in [1.807, 2.05) is 73.1 Å². The van der Waals surface area contributed by atoms with Gasteiger partial charge in [-0.05, 0) is 30.2 Å². The van der Waals surface area contributed by atoms with Gasteiger partial charge in [0.05, 0.1) is 11.0 Å². The van der Waals surface area contributed by atoms with Gasteiger partial charge in [-0.2, -0.15) is 0 Å². The Kier molecular flexibility index (Phi) is 3.30. The number of imidazole rings is 1. The molecule has 0 saturated heterocycles. The number of aromatic nitrogens is 2. The Morgan fingerprint density at radius 1 is 1.21 bits per heavy atom. The third-order valence-electron chi connectivity index (χ3n) is 4.62. The van der Waals surface area contributed by atoms with E-state index in [1.165, 1.54) is 0 Å². The number of fused-ring (bicyclic) bond motifs is 2. The van der Waals surface area contributed by atoms with Crippen LogP contribution in [0, 0.1) is 0 Å². The lowest BCUT2D eigenvalue weighted by Gasteiger charge is -2.24. The van der Waals surface area contributed by atoms with Crippen molar-refractivity contribution in [2.75, 3.05) is 19.0 Å². The Hall–Kier alpha value is -2.82. The second-order valence-corrected chi connectivity index (χ2v) is 6.38. The first-order valence-corrected chi connectivity index (χ1v) is 7.98. The van der Waals surface area contributed by atoms with Gasteiger partial charge >= 0.3 is 5.97 Å². The zero-order chi connectivity index (χ0) is 16.8. The minimum absolute atomic E-state index is 0.239. The van der Waals surface area contributed by atoms with Gasteiger partial charge in [0.2, 0.25) is 0 Å². The van der Waals surface area contributed by atoms with E-state index in [1.54, 1.807) is 0 Å². The predicted octanol–water partition coefficient (Wildman–Crippen LogP) is 2.88. The molecule has 5 heteroatoms. The van der Waals surface area contributed by atoms with Crippen molar-refractivity contribution < 1.29 is 9.53 Å². The number of nitrogens with zero attached hydrogens (tertiary/aromatic N) is 3. The first kappa shape index (κ1) is 14.8. The highest BCUT2D eigenvalue weighted by atomic mass is 16.5. The lowest BCUT2D eigenvalue weighted by molar-refractivity contribution is -0.137. The summed E-state index contributed by atoms with van der Waals surface area (Å²) in [6, 6.07) is 13.9. The maximum Gasteiger partial charge on any atom is 0.322 e. The van der Waals surface area contributed by atoms with E-state index < -0.39 is 0 Å². The summed E-state index contributed by atoms with van der Waals surface area (Å²) in [6.07, 6.45) is 0.610. The molecule has 0 radical (unpaired) electrons. The number of ether oxygens (including phenoxy) is 1. The zero-order valence-electron chi connectivity index (χ0n) is 14.0. The van der Waals surface area contributed by atoms with Crippen LogP contribution in [0.5, 0.6) is 5.75 Å². The van der Waals surface area contributed by atoms with Crippen molar-refractivity contribution >= 4 is 22.7 Å². The van der Waals surface area contributed by atoms with E-state index in [4.69, 9.17) is 4.74 Å². The first-order valence-electron chi connectivity index (χ1n) is 7.98. The summed E-state index contributed by atoms with van der Waals surface area (Å²) in [5.41, 5.74) is 3.98. The van der Waals surface area contributed by atoms with Gasteiger partial charge in [0.15, 0.2) is 0 Å². The summed E-state index contributed by atoms with van der Waals surface area (Å²) in [4.78, 5) is 19.2. The van der Waals surface area contributed by atoms with E-state index >= 15 is 0 Å². The average molecular weight is 321 g/mol. The summed E-state index contributed by atoms with van der Waals surface area (Å²) in [5.74, 6) is 0.793. The molecular weight excluding hydrogens is 302 g/mol. The number of hydrogen-bond donors (Lipinski definition) is 0. The molecule has 1 unspecified atom stereocenters. The fraction of sp³-hybridized carbons (Fsp3) is 0.263. The molecule has 0 amide bonds. The van der Waals surface area contributed by atoms with E-state index in [-0.39, 0.29) is 11.9 Å². The van der Waals surface area contributed by atoms with Crippen molar-refractivity contribution in [2.24, 2.45) is 7.05 Å². The van der Waals surface area contributed by atoms with Crippen molar-refractivity contribution in [2.45, 2.75) is 12.3 Å². The summed E-state index contributed by atoms with van der Waals surface area (Å²) in [7, 11) is 5.88. The SMILES string of the molecule is CN(C)c1ccc2c(c1)OC(=O)C(c1nc3ccccc3n1C)C2. The van der Waals surface area contributed by atoms with Gasteiger partial charge in [-0.25, -0.2) is 4.98 Å². The van der Waals surface area contributed by atoms with Crippen LogP contribution in [-0.2, 0) is 18.3 Å². The number of para-hydroxylation sites is 2. The number of rotatable bonds is 2. The van der Waals surface area contributed by atoms with Gasteiger partial charge in [0.1, 0.15) is 17.5 Å². The quantitative estimate of drug-likeness (QED) is 0.538. The van der Waals surface area contributed by atoms with Crippen LogP contribution in [0.25, 0.3) is 11.0 Å². The molecule has 2 aromatic carbocycles. The molecule has 3 aromatic rings. The summed E-state index contributed by atoms with van der Waals surface area (Å²) in [5, 5.41) is 0. The third kappa shape index (κ3) is 2.24. The molecule has 122 valence electrons. The lowest BCUT2D eigenvalue weighted by atomic mass is 9.95. The van der Waals surface area contributed by atoms with E-state index in [0.29, 0.717) is 12.2 Å². The maximum absolute atomic E-state index is 12.6. The number of carbonyl (C=O) groups is 1. The highest BCUT2D eigenvalue weighted by molar-refractivity contribution is 5.85. The smallest absolute Gasteiger partial charge is 0.322 e. The van der Waals surface area contributed by atoms with E-state index in [0.717, 1.165) is 28.1 Å². The monoisotopic (exact) mass is 321 g/mol. The largest absolute Gasteiger partial charge is 0.426 e. The van der Waals surface area contributed by atoms with Crippen LogP contribution < -0.4 is 9.64 Å². The first-order chi connectivity index (χ1) is 11.5. The Labute approximate surface area is 140 Å². The Morgan fingerprint density at radius 3 is 2.75 bits per heavy atom. The van der Waals surface area contributed by atoms with E-state index in [9.17, 15) is 4.79 Å². The minimum Gasteiger partial charge on any atom is -0.426 e. The van der Waals surface area contributed by atoms with Crippen LogP contribution in [0.15, 0.2) is 42.5 Å². The zero-order valence-corrected chi connectivity index (χ0v) is 14.0. The molecule has 1 atom stereocenters. The summed E-state index contributed by atoms with van der Waals surface area (Å²) in [6.45, 7) is 0. The molecule has 4 rings (SSSR count). The molecule has 5 nitrogen and oxygen atoms in total. The van der Waals surface area contributed by atoms with Crippen LogP contribution in [0.3, 0.4) is 0 Å². The Bertz CT molecular complexity index is 943. The number of anilines is 1. The van der Waals surface area contributed by atoms with Gasteiger partial charge in [-0.15, -0.1) is 0 Å².